The molecule has 0 heterocycles. The lowest BCUT2D eigenvalue weighted by Gasteiger charge is -2.42. The quantitative estimate of drug-likeness (QED) is 0.541. The van der Waals surface area contributed by atoms with Gasteiger partial charge in [-0.25, -0.2) is 0 Å². The van der Waals surface area contributed by atoms with Crippen LogP contribution in [-0.4, -0.2) is 23.0 Å². The van der Waals surface area contributed by atoms with Crippen molar-refractivity contribution in [3.05, 3.63) is 0 Å². The maximum atomic E-state index is 2.38. The molecule has 1 nitrogen and oxygen atoms in total. The molecule has 0 bridgehead atoms. The maximum absolute atomic E-state index is 2.38. The van der Waals surface area contributed by atoms with E-state index in [1.54, 1.807) is 0 Å². The van der Waals surface area contributed by atoms with Crippen LogP contribution in [0.4, 0.5) is 0 Å². The molecule has 0 saturated carbocycles. The molecule has 0 amide bonds. The largest absolute Gasteiger partial charge is 0.297 e. The smallest absolute Gasteiger partial charge is 0.0127 e. The Morgan fingerprint density at radius 1 is 0.667 bits per heavy atom. The van der Waals surface area contributed by atoms with Gasteiger partial charge >= 0.3 is 0 Å². The molecule has 0 N–H and O–H groups in total. The number of hydrogen-bond acceptors (Lipinski definition) is 1. The summed E-state index contributed by atoms with van der Waals surface area (Å²) >= 11 is 0. The molecule has 0 spiro atoms. The van der Waals surface area contributed by atoms with E-state index in [1.165, 1.54) is 0 Å². The van der Waals surface area contributed by atoms with Gasteiger partial charge in [0.15, 0.2) is 0 Å². The third-order valence-electron chi connectivity index (χ3n) is 2.01. The molecule has 0 saturated heterocycles. The zero-order chi connectivity index (χ0) is 10.6. The van der Waals surface area contributed by atoms with Crippen LogP contribution in [0.1, 0.15) is 55.4 Å². The average Bonchev–Trinajstić information content (AvgIpc) is 1.87. The molecule has 0 atom stereocenters. The first-order valence-corrected chi connectivity index (χ1v) is 4.89. The maximum Gasteiger partial charge on any atom is 0.0127 e. The first-order chi connectivity index (χ1) is 5.15. The van der Waals surface area contributed by atoms with Gasteiger partial charge in [-0.3, -0.25) is 4.90 Å². The van der Waals surface area contributed by atoms with Gasteiger partial charge in [0.05, 0.1) is 0 Å². The van der Waals surface area contributed by atoms with Gasteiger partial charge in [-0.2, -0.15) is 0 Å². The third-order valence-corrected chi connectivity index (χ3v) is 2.01. The van der Waals surface area contributed by atoms with Crippen molar-refractivity contribution in [3.8, 4) is 0 Å². The molecule has 0 rings (SSSR count). The Bertz CT molecular complexity index is 89.2. The van der Waals surface area contributed by atoms with Crippen molar-refractivity contribution in [2.24, 2.45) is 0 Å². The third kappa shape index (κ3) is 5.59. The molecule has 0 aromatic rings. The number of hydrogen-bond donors (Lipinski definition) is 0. The minimum Gasteiger partial charge on any atom is -0.297 e. The summed E-state index contributed by atoms with van der Waals surface area (Å²) in [5, 5.41) is 0. The highest BCUT2D eigenvalue weighted by Gasteiger charge is 2.26. The Kier molecular flexibility index (Phi) is 5.86. The number of nitrogens with zero attached hydrogens (tertiary/aromatic N) is 1. The van der Waals surface area contributed by atoms with Crippen molar-refractivity contribution in [1.82, 2.24) is 4.90 Å². The summed E-state index contributed by atoms with van der Waals surface area (Å²) < 4.78 is 0. The molecule has 0 aliphatic rings. The van der Waals surface area contributed by atoms with Crippen LogP contribution in [0.25, 0.3) is 0 Å². The van der Waals surface area contributed by atoms with E-state index in [0.717, 1.165) is 0 Å². The van der Waals surface area contributed by atoms with Gasteiger partial charge in [-0.15, -0.1) is 0 Å². The second-order valence-electron chi connectivity index (χ2n) is 4.90. The van der Waals surface area contributed by atoms with E-state index in [0.29, 0.717) is 0 Å². The Balaban J connectivity index is 0. The predicted octanol–water partition coefficient (Wildman–Crippen LogP) is 3.54. The Morgan fingerprint density at radius 3 is 0.833 bits per heavy atom. The predicted molar refractivity (Wildman–Crippen MR) is 58.6 cm³/mol. The fourth-order valence-corrected chi connectivity index (χ4v) is 1.01. The minimum atomic E-state index is 0.276. The molecule has 0 aromatic carbocycles. The van der Waals surface area contributed by atoms with Gasteiger partial charge in [0.2, 0.25) is 0 Å². The van der Waals surface area contributed by atoms with Gasteiger partial charge in [-0.05, 0) is 48.6 Å². The molecule has 12 heavy (non-hydrogen) atoms. The van der Waals surface area contributed by atoms with Crippen molar-refractivity contribution >= 4 is 0 Å². The van der Waals surface area contributed by atoms with Crippen LogP contribution in [0.15, 0.2) is 0 Å². The fraction of sp³-hybridized carbons (Fsp3) is 1.00. The lowest BCUT2D eigenvalue weighted by molar-refractivity contribution is 0.0700. The first-order valence-electron chi connectivity index (χ1n) is 4.89. The van der Waals surface area contributed by atoms with E-state index >= 15 is 0 Å². The summed E-state index contributed by atoms with van der Waals surface area (Å²) in [5.74, 6) is 0. The van der Waals surface area contributed by atoms with Gasteiger partial charge in [0.1, 0.15) is 0 Å². The summed E-state index contributed by atoms with van der Waals surface area (Å²) in [4.78, 5) is 2.38. The molecular formula is C11H27N. The fourth-order valence-electron chi connectivity index (χ4n) is 1.01. The van der Waals surface area contributed by atoms with Crippen LogP contribution in [0.2, 0.25) is 0 Å². The minimum absolute atomic E-state index is 0.276. The van der Waals surface area contributed by atoms with E-state index in [1.807, 2.05) is 13.8 Å². The first kappa shape index (κ1) is 14.5. The molecule has 0 aliphatic carbocycles. The molecular weight excluding hydrogens is 146 g/mol. The second-order valence-corrected chi connectivity index (χ2v) is 4.90. The zero-order valence-corrected chi connectivity index (χ0v) is 10.4. The SMILES string of the molecule is CC.CN(C(C)(C)C)C(C)(C)C. The van der Waals surface area contributed by atoms with Crippen molar-refractivity contribution in [2.75, 3.05) is 7.05 Å². The highest BCUT2D eigenvalue weighted by atomic mass is 15.2. The summed E-state index contributed by atoms with van der Waals surface area (Å²) in [7, 11) is 2.17. The Morgan fingerprint density at radius 2 is 0.833 bits per heavy atom. The molecule has 0 unspecified atom stereocenters. The monoisotopic (exact) mass is 173 g/mol. The van der Waals surface area contributed by atoms with E-state index in [2.05, 4.69) is 53.5 Å². The molecule has 76 valence electrons. The zero-order valence-electron chi connectivity index (χ0n) is 10.4. The highest BCUT2D eigenvalue weighted by molar-refractivity contribution is 4.83. The van der Waals surface area contributed by atoms with Crippen molar-refractivity contribution in [2.45, 2.75) is 66.5 Å². The molecule has 1 heteroatoms. The van der Waals surface area contributed by atoms with E-state index in [4.69, 9.17) is 0 Å². The van der Waals surface area contributed by atoms with Crippen LogP contribution in [0, 0.1) is 0 Å². The molecule has 0 aliphatic heterocycles. The van der Waals surface area contributed by atoms with Crippen molar-refractivity contribution in [3.63, 3.8) is 0 Å². The van der Waals surface area contributed by atoms with E-state index in [9.17, 15) is 0 Å². The second kappa shape index (κ2) is 4.86. The standard InChI is InChI=1S/C9H21N.C2H6/c1-8(2,3)10(7)9(4,5)6;1-2/h1-7H3;1-2H3. The molecule has 0 fully saturated rings. The van der Waals surface area contributed by atoms with E-state index < -0.39 is 0 Å². The van der Waals surface area contributed by atoms with Crippen LogP contribution in [0.5, 0.6) is 0 Å². The van der Waals surface area contributed by atoms with Crippen LogP contribution >= 0.6 is 0 Å². The van der Waals surface area contributed by atoms with Crippen LogP contribution in [-0.2, 0) is 0 Å². The summed E-state index contributed by atoms with van der Waals surface area (Å²) in [6, 6.07) is 0. The van der Waals surface area contributed by atoms with Gasteiger partial charge in [-0.1, -0.05) is 13.8 Å². The van der Waals surface area contributed by atoms with Crippen LogP contribution < -0.4 is 0 Å². The Labute approximate surface area is 79.2 Å². The van der Waals surface area contributed by atoms with Gasteiger partial charge in [0.25, 0.3) is 0 Å². The molecule has 0 aromatic heterocycles. The normalized spacial score (nSPS) is 12.5. The van der Waals surface area contributed by atoms with Crippen molar-refractivity contribution < 1.29 is 0 Å². The summed E-state index contributed by atoms with van der Waals surface area (Å²) in [6.07, 6.45) is 0. The van der Waals surface area contributed by atoms with Crippen molar-refractivity contribution in [1.29, 1.82) is 0 Å². The topological polar surface area (TPSA) is 3.24 Å². The summed E-state index contributed by atoms with van der Waals surface area (Å²) in [5.41, 5.74) is 0.552. The van der Waals surface area contributed by atoms with E-state index in [-0.39, 0.29) is 11.1 Å². The highest BCUT2D eigenvalue weighted by Crippen LogP contribution is 2.21. The Hall–Kier alpha value is -0.0400. The molecule has 0 radical (unpaired) electrons. The number of rotatable bonds is 0. The average molecular weight is 173 g/mol. The lowest BCUT2D eigenvalue weighted by atomic mass is 9.98. The van der Waals surface area contributed by atoms with Gasteiger partial charge < -0.3 is 0 Å². The van der Waals surface area contributed by atoms with Crippen LogP contribution in [0.3, 0.4) is 0 Å². The lowest BCUT2D eigenvalue weighted by Crippen LogP contribution is -2.49. The summed E-state index contributed by atoms with van der Waals surface area (Å²) in [6.45, 7) is 17.4. The van der Waals surface area contributed by atoms with Gasteiger partial charge in [0, 0.05) is 11.1 Å².